The fourth-order valence-electron chi connectivity index (χ4n) is 1.22. The first-order chi connectivity index (χ1) is 7.00. The van der Waals surface area contributed by atoms with Crippen LogP contribution in [0.3, 0.4) is 0 Å². The van der Waals surface area contributed by atoms with Gasteiger partial charge in [-0.05, 0) is 25.1 Å². The number of Topliss-reactive ketones (excluding diaryl/α,β-unsaturated/α-hetero) is 1. The average molecular weight is 230 g/mol. The van der Waals surface area contributed by atoms with Crippen molar-refractivity contribution in [2.45, 2.75) is 13.3 Å². The van der Waals surface area contributed by atoms with Crippen molar-refractivity contribution in [1.82, 2.24) is 0 Å². The number of ketones is 1. The summed E-state index contributed by atoms with van der Waals surface area (Å²) in [6.45, 7) is 2.01. The topological polar surface area (TPSA) is 20.3 Å². The lowest BCUT2D eigenvalue weighted by atomic mass is 10.2. The molecular weight excluding hydrogens is 217 g/mol. The SMILES string of the molecule is CC(=O)CCN(C)c1cc(Cl)ccc1F. The molecule has 0 bridgehead atoms. The maximum atomic E-state index is 13.4. The molecule has 4 heteroatoms. The van der Waals surface area contributed by atoms with E-state index in [0.29, 0.717) is 23.7 Å². The van der Waals surface area contributed by atoms with Crippen LogP contribution in [0.15, 0.2) is 18.2 Å². The minimum absolute atomic E-state index is 0.0873. The maximum absolute atomic E-state index is 13.4. The van der Waals surface area contributed by atoms with Gasteiger partial charge in [0.25, 0.3) is 0 Å². The van der Waals surface area contributed by atoms with Gasteiger partial charge >= 0.3 is 0 Å². The molecule has 0 radical (unpaired) electrons. The summed E-state index contributed by atoms with van der Waals surface area (Å²) >= 11 is 5.76. The second-order valence-electron chi connectivity index (χ2n) is 3.47. The lowest BCUT2D eigenvalue weighted by Gasteiger charge is -2.19. The summed E-state index contributed by atoms with van der Waals surface area (Å²) in [5.74, 6) is -0.241. The molecule has 0 spiro atoms. The van der Waals surface area contributed by atoms with Crippen molar-refractivity contribution >= 4 is 23.1 Å². The molecule has 1 aromatic rings. The summed E-state index contributed by atoms with van der Waals surface area (Å²) in [5, 5.41) is 0.487. The van der Waals surface area contributed by atoms with Crippen LogP contribution in [-0.4, -0.2) is 19.4 Å². The summed E-state index contributed by atoms with van der Waals surface area (Å²) in [6.07, 6.45) is 0.405. The van der Waals surface area contributed by atoms with Crippen molar-refractivity contribution in [2.75, 3.05) is 18.5 Å². The van der Waals surface area contributed by atoms with Gasteiger partial charge < -0.3 is 4.90 Å². The number of nitrogens with zero attached hydrogens (tertiary/aromatic N) is 1. The molecule has 0 atom stereocenters. The first-order valence-corrected chi connectivity index (χ1v) is 5.04. The van der Waals surface area contributed by atoms with Crippen LogP contribution in [0, 0.1) is 5.82 Å². The molecule has 1 rings (SSSR count). The zero-order chi connectivity index (χ0) is 11.4. The Morgan fingerprint density at radius 3 is 2.80 bits per heavy atom. The van der Waals surface area contributed by atoms with Gasteiger partial charge in [0.1, 0.15) is 11.6 Å². The summed E-state index contributed by atoms with van der Waals surface area (Å²) in [7, 11) is 1.73. The van der Waals surface area contributed by atoms with Crippen molar-refractivity contribution < 1.29 is 9.18 Å². The standard InChI is InChI=1S/C11H13ClFNO/c1-8(15)5-6-14(2)11-7-9(12)3-4-10(11)13/h3-4,7H,5-6H2,1-2H3. The highest BCUT2D eigenvalue weighted by molar-refractivity contribution is 6.30. The summed E-state index contributed by atoms with van der Waals surface area (Å²) in [6, 6.07) is 4.37. The third kappa shape index (κ3) is 3.51. The van der Waals surface area contributed by atoms with E-state index in [-0.39, 0.29) is 11.6 Å². The normalized spacial score (nSPS) is 10.1. The Labute approximate surface area is 93.6 Å². The zero-order valence-electron chi connectivity index (χ0n) is 8.76. The Bertz CT molecular complexity index is 368. The molecular formula is C11H13ClFNO. The predicted octanol–water partition coefficient (Wildman–Crippen LogP) is 2.89. The number of halogens is 2. The first-order valence-electron chi connectivity index (χ1n) is 4.66. The largest absolute Gasteiger partial charge is 0.372 e. The number of carbonyl (C=O) groups excluding carboxylic acids is 1. The van der Waals surface area contributed by atoms with Crippen LogP contribution in [0.2, 0.25) is 5.02 Å². The van der Waals surface area contributed by atoms with Crippen LogP contribution < -0.4 is 4.90 Å². The lowest BCUT2D eigenvalue weighted by molar-refractivity contribution is -0.116. The summed E-state index contributed by atoms with van der Waals surface area (Å²) < 4.78 is 13.4. The van der Waals surface area contributed by atoms with Crippen molar-refractivity contribution in [1.29, 1.82) is 0 Å². The van der Waals surface area contributed by atoms with Gasteiger partial charge in [-0.2, -0.15) is 0 Å². The molecule has 0 saturated carbocycles. The predicted molar refractivity (Wildman–Crippen MR) is 60.0 cm³/mol. The Morgan fingerprint density at radius 1 is 1.53 bits per heavy atom. The molecule has 0 fully saturated rings. The van der Waals surface area contributed by atoms with Gasteiger partial charge in [0.05, 0.1) is 5.69 Å². The van der Waals surface area contributed by atoms with Gasteiger partial charge in [-0.1, -0.05) is 11.6 Å². The zero-order valence-corrected chi connectivity index (χ0v) is 9.51. The van der Waals surface area contributed by atoms with Crippen LogP contribution in [-0.2, 0) is 4.79 Å². The minimum Gasteiger partial charge on any atom is -0.372 e. The number of hydrogen-bond donors (Lipinski definition) is 0. The minimum atomic E-state index is -0.328. The van der Waals surface area contributed by atoms with Crippen molar-refractivity contribution in [2.24, 2.45) is 0 Å². The molecule has 0 saturated heterocycles. The smallest absolute Gasteiger partial charge is 0.146 e. The van der Waals surface area contributed by atoms with Gasteiger partial charge in [0.15, 0.2) is 0 Å². The van der Waals surface area contributed by atoms with Crippen molar-refractivity contribution in [3.63, 3.8) is 0 Å². The fourth-order valence-corrected chi connectivity index (χ4v) is 1.39. The highest BCUT2D eigenvalue weighted by atomic mass is 35.5. The maximum Gasteiger partial charge on any atom is 0.146 e. The van der Waals surface area contributed by atoms with Crippen LogP contribution in [0.5, 0.6) is 0 Å². The second-order valence-corrected chi connectivity index (χ2v) is 3.91. The number of anilines is 1. The molecule has 0 N–H and O–H groups in total. The molecule has 82 valence electrons. The van der Waals surface area contributed by atoms with E-state index in [1.54, 1.807) is 18.0 Å². The molecule has 1 aromatic carbocycles. The third-order valence-corrected chi connectivity index (χ3v) is 2.35. The highest BCUT2D eigenvalue weighted by Gasteiger charge is 2.08. The summed E-state index contributed by atoms with van der Waals surface area (Å²) in [5.41, 5.74) is 0.420. The van der Waals surface area contributed by atoms with Gasteiger partial charge in [-0.25, -0.2) is 4.39 Å². The van der Waals surface area contributed by atoms with E-state index in [9.17, 15) is 9.18 Å². The molecule has 2 nitrogen and oxygen atoms in total. The molecule has 0 aromatic heterocycles. The molecule has 0 unspecified atom stereocenters. The third-order valence-electron chi connectivity index (χ3n) is 2.12. The Hall–Kier alpha value is -1.09. The van der Waals surface area contributed by atoms with Crippen molar-refractivity contribution in [3.8, 4) is 0 Å². The number of hydrogen-bond acceptors (Lipinski definition) is 2. The second kappa shape index (κ2) is 5.12. The molecule has 0 heterocycles. The van der Waals surface area contributed by atoms with Crippen LogP contribution in [0.1, 0.15) is 13.3 Å². The number of rotatable bonds is 4. The Morgan fingerprint density at radius 2 is 2.20 bits per heavy atom. The van der Waals surface area contributed by atoms with Crippen molar-refractivity contribution in [3.05, 3.63) is 29.0 Å². The molecule has 15 heavy (non-hydrogen) atoms. The highest BCUT2D eigenvalue weighted by Crippen LogP contribution is 2.22. The van der Waals surface area contributed by atoms with Gasteiger partial charge in [-0.3, -0.25) is 4.79 Å². The number of benzene rings is 1. The monoisotopic (exact) mass is 229 g/mol. The molecule has 0 aliphatic carbocycles. The van der Waals surface area contributed by atoms with Crippen LogP contribution in [0.25, 0.3) is 0 Å². The van der Waals surface area contributed by atoms with Crippen LogP contribution >= 0.6 is 11.6 Å². The van der Waals surface area contributed by atoms with E-state index in [4.69, 9.17) is 11.6 Å². The summed E-state index contributed by atoms with van der Waals surface area (Å²) in [4.78, 5) is 12.5. The van der Waals surface area contributed by atoms with E-state index in [2.05, 4.69) is 0 Å². The van der Waals surface area contributed by atoms with E-state index < -0.39 is 0 Å². The first kappa shape index (κ1) is 12.0. The van der Waals surface area contributed by atoms with Gasteiger partial charge in [-0.15, -0.1) is 0 Å². The molecule has 0 aliphatic heterocycles. The lowest BCUT2D eigenvalue weighted by Crippen LogP contribution is -2.21. The van der Waals surface area contributed by atoms with Gasteiger partial charge in [0.2, 0.25) is 0 Å². The molecule has 0 aliphatic rings. The molecule has 0 amide bonds. The Kier molecular flexibility index (Phi) is 4.09. The average Bonchev–Trinajstić information content (AvgIpc) is 2.18. The Balaban J connectivity index is 2.76. The van der Waals surface area contributed by atoms with Gasteiger partial charge in [0, 0.05) is 25.0 Å². The van der Waals surface area contributed by atoms with Crippen LogP contribution in [0.4, 0.5) is 10.1 Å². The van der Waals surface area contributed by atoms with E-state index in [1.165, 1.54) is 19.1 Å². The quantitative estimate of drug-likeness (QED) is 0.791. The van der Waals surface area contributed by atoms with E-state index in [1.807, 2.05) is 0 Å². The number of carbonyl (C=O) groups is 1. The van der Waals surface area contributed by atoms with E-state index >= 15 is 0 Å². The fraction of sp³-hybridized carbons (Fsp3) is 0.364. The van der Waals surface area contributed by atoms with E-state index in [0.717, 1.165) is 0 Å².